The molecule has 2 aromatic heterocycles. The number of fused-ring (bicyclic) bond motifs is 1. The Kier molecular flexibility index (Phi) is 6.96. The van der Waals surface area contributed by atoms with Gasteiger partial charge in [-0.05, 0) is 69.3 Å². The van der Waals surface area contributed by atoms with Crippen LogP contribution in [0.5, 0.6) is 0 Å². The van der Waals surface area contributed by atoms with E-state index in [1.807, 2.05) is 54.6 Å². The number of halogens is 1. The molecule has 8 heteroatoms. The second-order valence-electron chi connectivity index (χ2n) is 9.26. The lowest BCUT2D eigenvalue weighted by atomic mass is 10.1. The van der Waals surface area contributed by atoms with Crippen LogP contribution in [0.3, 0.4) is 0 Å². The molecule has 0 radical (unpaired) electrons. The van der Waals surface area contributed by atoms with Crippen LogP contribution in [0.15, 0.2) is 60.8 Å². The molecule has 36 heavy (non-hydrogen) atoms. The summed E-state index contributed by atoms with van der Waals surface area (Å²) in [5.41, 5.74) is 3.92. The van der Waals surface area contributed by atoms with Crippen molar-refractivity contribution in [2.45, 2.75) is 39.5 Å². The van der Waals surface area contributed by atoms with Gasteiger partial charge in [0.15, 0.2) is 5.78 Å². The lowest BCUT2D eigenvalue weighted by molar-refractivity contribution is -0.0710. The number of nitrogens with zero attached hydrogens (tertiary/aromatic N) is 4. The molecule has 0 amide bonds. The first kappa shape index (κ1) is 24.3. The summed E-state index contributed by atoms with van der Waals surface area (Å²) >= 11 is 6.42. The molecule has 0 aliphatic carbocycles. The normalized spacial score (nSPS) is 18.3. The Morgan fingerprint density at radius 1 is 1.08 bits per heavy atom. The highest BCUT2D eigenvalue weighted by molar-refractivity contribution is 6.33. The molecule has 1 fully saturated rings. The summed E-state index contributed by atoms with van der Waals surface area (Å²) in [5.74, 6) is 1.46. The Hall–Kier alpha value is -3.39. The molecule has 2 unspecified atom stereocenters. The summed E-state index contributed by atoms with van der Waals surface area (Å²) in [6.07, 6.45) is 2.05. The standard InChI is InChI=1S/C28H28ClN5O2/c1-17-14-34(15-18(2)36-17)16-26-32-25-13-21(27-24(29)5-4-12-30-27)8-11-23(25)28(33-26)31-22-9-6-20(7-10-22)19(3)35/h4-13,17-18H,14-16H2,1-3H3,(H,31,32,33). The van der Waals surface area contributed by atoms with Gasteiger partial charge >= 0.3 is 0 Å². The number of ether oxygens (including phenoxy) is 1. The van der Waals surface area contributed by atoms with Gasteiger partial charge in [-0.3, -0.25) is 14.7 Å². The second-order valence-corrected chi connectivity index (χ2v) is 9.67. The zero-order chi connectivity index (χ0) is 25.2. The van der Waals surface area contributed by atoms with Crippen LogP contribution in [-0.2, 0) is 11.3 Å². The van der Waals surface area contributed by atoms with Gasteiger partial charge in [-0.1, -0.05) is 17.7 Å². The lowest BCUT2D eigenvalue weighted by Crippen LogP contribution is -2.45. The van der Waals surface area contributed by atoms with Crippen molar-refractivity contribution in [3.63, 3.8) is 0 Å². The van der Waals surface area contributed by atoms with Crippen molar-refractivity contribution in [3.8, 4) is 11.3 Å². The lowest BCUT2D eigenvalue weighted by Gasteiger charge is -2.34. The second kappa shape index (κ2) is 10.3. The van der Waals surface area contributed by atoms with Crippen molar-refractivity contribution in [2.24, 2.45) is 0 Å². The number of Topliss-reactive ketones (excluding diaryl/α,β-unsaturated/α-hetero) is 1. The van der Waals surface area contributed by atoms with E-state index in [0.717, 1.165) is 41.1 Å². The van der Waals surface area contributed by atoms with E-state index < -0.39 is 0 Å². The van der Waals surface area contributed by atoms with Gasteiger partial charge < -0.3 is 10.1 Å². The Bertz CT molecular complexity index is 1400. The molecular formula is C28H28ClN5O2. The molecular weight excluding hydrogens is 474 g/mol. The number of ketones is 1. The van der Waals surface area contributed by atoms with Crippen LogP contribution in [0.2, 0.25) is 5.02 Å². The minimum absolute atomic E-state index is 0.0333. The maximum atomic E-state index is 11.7. The number of rotatable bonds is 6. The van der Waals surface area contributed by atoms with Crippen LogP contribution < -0.4 is 5.32 Å². The average Bonchev–Trinajstić information content (AvgIpc) is 2.84. The van der Waals surface area contributed by atoms with Crippen LogP contribution in [0, 0.1) is 0 Å². The predicted molar refractivity (Wildman–Crippen MR) is 143 cm³/mol. The fraction of sp³-hybridized carbons (Fsp3) is 0.286. The molecule has 1 aliphatic heterocycles. The average molecular weight is 502 g/mol. The molecule has 1 saturated heterocycles. The third-order valence-corrected chi connectivity index (χ3v) is 6.49. The van der Waals surface area contributed by atoms with Crippen molar-refractivity contribution >= 4 is 39.8 Å². The number of benzene rings is 2. The fourth-order valence-corrected chi connectivity index (χ4v) is 4.86. The number of carbonyl (C=O) groups is 1. The predicted octanol–water partition coefficient (Wildman–Crippen LogP) is 5.90. The molecule has 2 atom stereocenters. The van der Waals surface area contributed by atoms with Crippen LogP contribution in [-0.4, -0.2) is 50.9 Å². The summed E-state index contributed by atoms with van der Waals surface area (Å²) in [6.45, 7) is 8.00. The topological polar surface area (TPSA) is 80.2 Å². The van der Waals surface area contributed by atoms with Gasteiger partial charge in [-0.2, -0.15) is 0 Å². The molecule has 5 rings (SSSR count). The van der Waals surface area contributed by atoms with Crippen molar-refractivity contribution < 1.29 is 9.53 Å². The van der Waals surface area contributed by atoms with E-state index in [1.54, 1.807) is 13.1 Å². The third-order valence-electron chi connectivity index (χ3n) is 6.19. The maximum absolute atomic E-state index is 11.7. The Labute approximate surface area is 215 Å². The van der Waals surface area contributed by atoms with E-state index in [-0.39, 0.29) is 18.0 Å². The monoisotopic (exact) mass is 501 g/mol. The summed E-state index contributed by atoms with van der Waals surface area (Å²) in [7, 11) is 0. The zero-order valence-electron chi connectivity index (χ0n) is 20.5. The van der Waals surface area contributed by atoms with E-state index in [4.69, 9.17) is 26.3 Å². The van der Waals surface area contributed by atoms with Crippen LogP contribution in [0.25, 0.3) is 22.2 Å². The highest BCUT2D eigenvalue weighted by atomic mass is 35.5. The molecule has 184 valence electrons. The number of nitrogens with one attached hydrogen (secondary N) is 1. The number of aromatic nitrogens is 3. The molecule has 7 nitrogen and oxygen atoms in total. The van der Waals surface area contributed by atoms with Crippen molar-refractivity contribution in [3.05, 3.63) is 77.2 Å². The summed E-state index contributed by atoms with van der Waals surface area (Å²) < 4.78 is 5.89. The number of carbonyl (C=O) groups excluding carboxylic acids is 1. The van der Waals surface area contributed by atoms with E-state index in [0.29, 0.717) is 28.6 Å². The van der Waals surface area contributed by atoms with E-state index >= 15 is 0 Å². The number of morpholine rings is 1. The first-order valence-corrected chi connectivity index (χ1v) is 12.4. The Balaban J connectivity index is 1.55. The van der Waals surface area contributed by atoms with Crippen LogP contribution in [0.4, 0.5) is 11.5 Å². The number of hydrogen-bond donors (Lipinski definition) is 1. The van der Waals surface area contributed by atoms with Gasteiger partial charge in [0.2, 0.25) is 0 Å². The summed E-state index contributed by atoms with van der Waals surface area (Å²) in [5, 5.41) is 4.90. The summed E-state index contributed by atoms with van der Waals surface area (Å²) in [4.78, 5) is 28.3. The third kappa shape index (κ3) is 5.38. The maximum Gasteiger partial charge on any atom is 0.159 e. The fourth-order valence-electron chi connectivity index (χ4n) is 4.63. The SMILES string of the molecule is CC(=O)c1ccc(Nc2nc(CN3CC(C)OC(C)C3)nc3cc(-c4ncccc4Cl)ccc23)cc1. The molecule has 3 heterocycles. The largest absolute Gasteiger partial charge is 0.373 e. The Morgan fingerprint density at radius 2 is 1.83 bits per heavy atom. The molecule has 0 bridgehead atoms. The van der Waals surface area contributed by atoms with Gasteiger partial charge in [0.1, 0.15) is 11.6 Å². The minimum atomic E-state index is 0.0333. The Morgan fingerprint density at radius 3 is 2.53 bits per heavy atom. The smallest absolute Gasteiger partial charge is 0.159 e. The molecule has 4 aromatic rings. The van der Waals surface area contributed by atoms with E-state index in [2.05, 4.69) is 29.0 Å². The quantitative estimate of drug-likeness (QED) is 0.329. The zero-order valence-corrected chi connectivity index (χ0v) is 21.3. The van der Waals surface area contributed by atoms with Gasteiger partial charge in [-0.15, -0.1) is 0 Å². The van der Waals surface area contributed by atoms with Gasteiger partial charge in [-0.25, -0.2) is 9.97 Å². The van der Waals surface area contributed by atoms with Gasteiger partial charge in [0.05, 0.1) is 35.0 Å². The van der Waals surface area contributed by atoms with Crippen molar-refractivity contribution in [2.75, 3.05) is 18.4 Å². The first-order chi connectivity index (χ1) is 17.4. The molecule has 1 aliphatic rings. The number of pyridine rings is 1. The van der Waals surface area contributed by atoms with Gasteiger partial charge in [0, 0.05) is 41.5 Å². The summed E-state index contributed by atoms with van der Waals surface area (Å²) in [6, 6.07) is 17.0. The van der Waals surface area contributed by atoms with E-state index in [9.17, 15) is 4.79 Å². The van der Waals surface area contributed by atoms with E-state index in [1.165, 1.54) is 0 Å². The number of anilines is 2. The highest BCUT2D eigenvalue weighted by Gasteiger charge is 2.23. The van der Waals surface area contributed by atoms with Crippen molar-refractivity contribution in [1.29, 1.82) is 0 Å². The number of hydrogen-bond acceptors (Lipinski definition) is 7. The first-order valence-electron chi connectivity index (χ1n) is 12.0. The molecule has 0 saturated carbocycles. The van der Waals surface area contributed by atoms with Crippen LogP contribution in [0.1, 0.15) is 37.0 Å². The minimum Gasteiger partial charge on any atom is -0.373 e. The van der Waals surface area contributed by atoms with Crippen molar-refractivity contribution in [1.82, 2.24) is 19.9 Å². The molecule has 0 spiro atoms. The van der Waals surface area contributed by atoms with Gasteiger partial charge in [0.25, 0.3) is 0 Å². The molecule has 1 N–H and O–H groups in total. The van der Waals surface area contributed by atoms with Crippen LogP contribution >= 0.6 is 11.6 Å². The molecule has 2 aromatic carbocycles. The highest BCUT2D eigenvalue weighted by Crippen LogP contribution is 2.31.